The number of rotatable bonds is 3. The van der Waals surface area contributed by atoms with Gasteiger partial charge in [0.1, 0.15) is 0 Å². The molecular formula is C17H17BrClN. The van der Waals surface area contributed by atoms with Crippen molar-refractivity contribution >= 4 is 33.2 Å². The van der Waals surface area contributed by atoms with Crippen molar-refractivity contribution in [2.45, 2.75) is 31.7 Å². The van der Waals surface area contributed by atoms with Crippen LogP contribution in [-0.4, -0.2) is 6.04 Å². The van der Waals surface area contributed by atoms with Crippen LogP contribution >= 0.6 is 27.5 Å². The van der Waals surface area contributed by atoms with Crippen molar-refractivity contribution in [2.75, 3.05) is 5.32 Å². The predicted octanol–water partition coefficient (Wildman–Crippen LogP) is 5.77. The number of halogens is 2. The van der Waals surface area contributed by atoms with Crippen LogP contribution in [0.5, 0.6) is 0 Å². The monoisotopic (exact) mass is 349 g/mol. The maximum absolute atomic E-state index is 5.99. The van der Waals surface area contributed by atoms with E-state index >= 15 is 0 Å². The summed E-state index contributed by atoms with van der Waals surface area (Å²) < 4.78 is 1.17. The third-order valence-electron chi connectivity index (χ3n) is 4.01. The van der Waals surface area contributed by atoms with E-state index in [2.05, 4.69) is 58.5 Å². The van der Waals surface area contributed by atoms with E-state index in [9.17, 15) is 0 Å². The van der Waals surface area contributed by atoms with Crippen LogP contribution in [0.3, 0.4) is 0 Å². The largest absolute Gasteiger partial charge is 0.382 e. The zero-order chi connectivity index (χ0) is 14.1. The van der Waals surface area contributed by atoms with Gasteiger partial charge in [0.15, 0.2) is 0 Å². The molecule has 0 saturated heterocycles. The Kier molecular flexibility index (Phi) is 4.04. The first-order valence-corrected chi connectivity index (χ1v) is 8.07. The summed E-state index contributed by atoms with van der Waals surface area (Å²) in [6.45, 7) is 2.10. The Morgan fingerprint density at radius 1 is 1.15 bits per heavy atom. The number of anilines is 1. The first-order chi connectivity index (χ1) is 9.61. The molecule has 1 aliphatic rings. The fourth-order valence-electron chi connectivity index (χ4n) is 2.78. The Hall–Kier alpha value is -0.990. The standard InChI is InChI=1S/C17H17BrClN/c1-11-7-15(19)5-6-17(11)20-16-9-13(10-16)12-3-2-4-14(18)8-12/h2-8,13,16,20H,9-10H2,1H3. The molecule has 0 radical (unpaired) electrons. The highest BCUT2D eigenvalue weighted by Gasteiger charge is 2.30. The molecule has 0 amide bonds. The zero-order valence-electron chi connectivity index (χ0n) is 11.4. The highest BCUT2D eigenvalue weighted by molar-refractivity contribution is 9.10. The summed E-state index contributed by atoms with van der Waals surface area (Å²) in [4.78, 5) is 0. The summed E-state index contributed by atoms with van der Waals surface area (Å²) in [7, 11) is 0. The summed E-state index contributed by atoms with van der Waals surface area (Å²) in [5.74, 6) is 0.678. The highest BCUT2D eigenvalue weighted by Crippen LogP contribution is 2.39. The van der Waals surface area contributed by atoms with Gasteiger partial charge in [-0.3, -0.25) is 0 Å². The lowest BCUT2D eigenvalue weighted by Crippen LogP contribution is -2.34. The maximum Gasteiger partial charge on any atom is 0.0410 e. The summed E-state index contributed by atoms with van der Waals surface area (Å²) in [6, 6.07) is 15.2. The molecule has 0 spiro atoms. The van der Waals surface area contributed by atoms with Crippen LogP contribution in [0.25, 0.3) is 0 Å². The van der Waals surface area contributed by atoms with Crippen LogP contribution in [0.15, 0.2) is 46.9 Å². The quantitative estimate of drug-likeness (QED) is 0.741. The first kappa shape index (κ1) is 14.0. The summed E-state index contributed by atoms with van der Waals surface area (Å²) in [5, 5.41) is 4.42. The van der Waals surface area contributed by atoms with Crippen LogP contribution in [0.1, 0.15) is 29.9 Å². The van der Waals surface area contributed by atoms with Crippen molar-refractivity contribution in [1.29, 1.82) is 0 Å². The van der Waals surface area contributed by atoms with Gasteiger partial charge in [0.05, 0.1) is 0 Å². The van der Waals surface area contributed by atoms with Gasteiger partial charge in [-0.2, -0.15) is 0 Å². The van der Waals surface area contributed by atoms with Crippen LogP contribution in [0.2, 0.25) is 5.02 Å². The Morgan fingerprint density at radius 2 is 1.95 bits per heavy atom. The van der Waals surface area contributed by atoms with E-state index in [-0.39, 0.29) is 0 Å². The van der Waals surface area contributed by atoms with Crippen molar-refractivity contribution in [3.05, 3.63) is 63.1 Å². The number of nitrogens with one attached hydrogen (secondary N) is 1. The average Bonchev–Trinajstić information content (AvgIpc) is 2.35. The minimum Gasteiger partial charge on any atom is -0.382 e. The molecule has 0 unspecified atom stereocenters. The summed E-state index contributed by atoms with van der Waals surface area (Å²) in [5.41, 5.74) is 3.85. The lowest BCUT2D eigenvalue weighted by atomic mass is 9.76. The smallest absolute Gasteiger partial charge is 0.0410 e. The molecule has 1 aliphatic carbocycles. The molecule has 1 fully saturated rings. The molecular weight excluding hydrogens is 334 g/mol. The summed E-state index contributed by atoms with van der Waals surface area (Å²) in [6.07, 6.45) is 2.39. The van der Waals surface area contributed by atoms with Crippen molar-refractivity contribution in [2.24, 2.45) is 0 Å². The second-order valence-electron chi connectivity index (χ2n) is 5.52. The molecule has 104 valence electrons. The van der Waals surface area contributed by atoms with E-state index in [0.717, 1.165) is 5.02 Å². The average molecular weight is 351 g/mol. The van der Waals surface area contributed by atoms with E-state index in [4.69, 9.17) is 11.6 Å². The number of benzene rings is 2. The Balaban J connectivity index is 1.61. The van der Waals surface area contributed by atoms with Crippen LogP contribution in [0, 0.1) is 6.92 Å². The number of aryl methyl sites for hydroxylation is 1. The van der Waals surface area contributed by atoms with E-state index in [1.807, 2.05) is 12.1 Å². The predicted molar refractivity (Wildman–Crippen MR) is 89.7 cm³/mol. The molecule has 0 aliphatic heterocycles. The lowest BCUT2D eigenvalue weighted by Gasteiger charge is -2.37. The minimum absolute atomic E-state index is 0.568. The lowest BCUT2D eigenvalue weighted by molar-refractivity contribution is 0.374. The van der Waals surface area contributed by atoms with Gasteiger partial charge in [0.2, 0.25) is 0 Å². The van der Waals surface area contributed by atoms with Crippen LogP contribution in [0.4, 0.5) is 5.69 Å². The van der Waals surface area contributed by atoms with E-state index in [0.29, 0.717) is 12.0 Å². The molecule has 3 heteroatoms. The van der Waals surface area contributed by atoms with Gasteiger partial charge < -0.3 is 5.32 Å². The third-order valence-corrected chi connectivity index (χ3v) is 4.73. The molecule has 1 N–H and O–H groups in total. The van der Waals surface area contributed by atoms with E-state index < -0.39 is 0 Å². The van der Waals surface area contributed by atoms with Gasteiger partial charge in [0.25, 0.3) is 0 Å². The first-order valence-electron chi connectivity index (χ1n) is 6.90. The molecule has 2 aromatic rings. The van der Waals surface area contributed by atoms with Gasteiger partial charge in [0, 0.05) is 21.2 Å². The number of hydrogen-bond acceptors (Lipinski definition) is 1. The normalized spacial score (nSPS) is 21.4. The molecule has 0 heterocycles. The molecule has 0 bridgehead atoms. The van der Waals surface area contributed by atoms with Gasteiger partial charge in [-0.25, -0.2) is 0 Å². The van der Waals surface area contributed by atoms with Gasteiger partial charge in [-0.05, 0) is 67.1 Å². The molecule has 0 aromatic heterocycles. The Bertz CT molecular complexity index is 620. The second-order valence-corrected chi connectivity index (χ2v) is 6.88. The second kappa shape index (κ2) is 5.79. The molecule has 1 nitrogen and oxygen atoms in total. The Labute approximate surface area is 133 Å². The fourth-order valence-corrected chi connectivity index (χ4v) is 3.42. The van der Waals surface area contributed by atoms with E-state index in [1.54, 1.807) is 0 Å². The van der Waals surface area contributed by atoms with Gasteiger partial charge >= 0.3 is 0 Å². The molecule has 2 aromatic carbocycles. The molecule has 1 saturated carbocycles. The van der Waals surface area contributed by atoms with Crippen molar-refractivity contribution in [3.8, 4) is 0 Å². The van der Waals surface area contributed by atoms with Crippen LogP contribution in [-0.2, 0) is 0 Å². The number of hydrogen-bond donors (Lipinski definition) is 1. The molecule has 3 rings (SSSR count). The minimum atomic E-state index is 0.568. The maximum atomic E-state index is 5.99. The summed E-state index contributed by atoms with van der Waals surface area (Å²) >= 11 is 9.53. The van der Waals surface area contributed by atoms with E-state index in [1.165, 1.54) is 34.1 Å². The molecule has 0 atom stereocenters. The van der Waals surface area contributed by atoms with Gasteiger partial charge in [-0.1, -0.05) is 39.7 Å². The van der Waals surface area contributed by atoms with Crippen molar-refractivity contribution in [3.63, 3.8) is 0 Å². The van der Waals surface area contributed by atoms with Crippen molar-refractivity contribution < 1.29 is 0 Å². The highest BCUT2D eigenvalue weighted by atomic mass is 79.9. The SMILES string of the molecule is Cc1cc(Cl)ccc1NC1CC(c2cccc(Br)c2)C1. The topological polar surface area (TPSA) is 12.0 Å². The molecule has 20 heavy (non-hydrogen) atoms. The fraction of sp³-hybridized carbons (Fsp3) is 0.294. The van der Waals surface area contributed by atoms with Gasteiger partial charge in [-0.15, -0.1) is 0 Å². The van der Waals surface area contributed by atoms with Crippen LogP contribution < -0.4 is 5.32 Å². The zero-order valence-corrected chi connectivity index (χ0v) is 13.7. The Morgan fingerprint density at radius 3 is 2.65 bits per heavy atom. The third kappa shape index (κ3) is 3.02. The van der Waals surface area contributed by atoms with Crippen molar-refractivity contribution in [1.82, 2.24) is 0 Å².